The molecule has 3 heterocycles. The van der Waals surface area contributed by atoms with Crippen LogP contribution in [0.4, 0.5) is 5.82 Å². The van der Waals surface area contributed by atoms with Gasteiger partial charge in [0, 0.05) is 56.1 Å². The van der Waals surface area contributed by atoms with E-state index in [-0.39, 0.29) is 5.91 Å². The first-order valence-electron chi connectivity index (χ1n) is 11.3. The summed E-state index contributed by atoms with van der Waals surface area (Å²) in [5, 5.41) is 3.47. The van der Waals surface area contributed by atoms with Gasteiger partial charge in [0.1, 0.15) is 12.1 Å². The summed E-state index contributed by atoms with van der Waals surface area (Å²) in [6, 6.07) is 9.50. The maximum Gasteiger partial charge on any atom is 0.255 e. The molecule has 0 aliphatic carbocycles. The maximum absolute atomic E-state index is 13.1. The van der Waals surface area contributed by atoms with Crippen LogP contribution in [0.15, 0.2) is 42.9 Å². The van der Waals surface area contributed by atoms with Gasteiger partial charge in [-0.2, -0.15) is 0 Å². The van der Waals surface area contributed by atoms with Crippen LogP contribution in [-0.4, -0.2) is 70.4 Å². The van der Waals surface area contributed by atoms with Gasteiger partial charge in [-0.05, 0) is 37.2 Å². The van der Waals surface area contributed by atoms with Crippen molar-refractivity contribution in [3.63, 3.8) is 0 Å². The summed E-state index contributed by atoms with van der Waals surface area (Å²) in [7, 11) is 1.84. The van der Waals surface area contributed by atoms with Gasteiger partial charge in [-0.3, -0.25) is 4.79 Å². The number of hydrogen-bond donors (Lipinski definition) is 1. The molecule has 1 aliphatic heterocycles. The van der Waals surface area contributed by atoms with E-state index < -0.39 is 0 Å². The summed E-state index contributed by atoms with van der Waals surface area (Å²) in [6.07, 6.45) is 4.16. The van der Waals surface area contributed by atoms with Crippen LogP contribution in [0.25, 0.3) is 22.4 Å². The van der Waals surface area contributed by atoms with Gasteiger partial charge in [0.25, 0.3) is 5.91 Å². The zero-order valence-corrected chi connectivity index (χ0v) is 20.1. The molecular formula is C25H29ClN6O. The molecule has 0 spiro atoms. The monoisotopic (exact) mass is 464 g/mol. The van der Waals surface area contributed by atoms with Gasteiger partial charge in [0.05, 0.1) is 22.0 Å². The third-order valence-electron chi connectivity index (χ3n) is 6.15. The predicted octanol–water partition coefficient (Wildman–Crippen LogP) is 4.24. The number of nitrogens with one attached hydrogen (secondary N) is 1. The fraction of sp³-hybridized carbons (Fsp3) is 0.360. The van der Waals surface area contributed by atoms with Crippen LogP contribution in [0.5, 0.6) is 0 Å². The second-order valence-electron chi connectivity index (χ2n) is 8.00. The van der Waals surface area contributed by atoms with Gasteiger partial charge in [0.2, 0.25) is 0 Å². The average Bonchev–Trinajstić information content (AvgIpc) is 2.88. The lowest BCUT2D eigenvalue weighted by Crippen LogP contribution is -2.48. The first-order valence-corrected chi connectivity index (χ1v) is 11.7. The summed E-state index contributed by atoms with van der Waals surface area (Å²) in [4.78, 5) is 30.9. The van der Waals surface area contributed by atoms with E-state index in [4.69, 9.17) is 11.6 Å². The van der Waals surface area contributed by atoms with Crippen LogP contribution in [-0.2, 0) is 6.42 Å². The van der Waals surface area contributed by atoms with Crippen molar-refractivity contribution in [3.8, 4) is 22.4 Å². The summed E-state index contributed by atoms with van der Waals surface area (Å²) in [5.74, 6) is 0.771. The summed E-state index contributed by atoms with van der Waals surface area (Å²) < 4.78 is 0. The number of amides is 1. The van der Waals surface area contributed by atoms with Crippen LogP contribution >= 0.6 is 11.6 Å². The van der Waals surface area contributed by atoms with Crippen LogP contribution in [0.2, 0.25) is 5.02 Å². The molecular weight excluding hydrogens is 436 g/mol. The van der Waals surface area contributed by atoms with Crippen molar-refractivity contribution in [1.82, 2.24) is 24.8 Å². The lowest BCUT2D eigenvalue weighted by Gasteiger charge is -2.34. The van der Waals surface area contributed by atoms with E-state index in [1.165, 1.54) is 0 Å². The fourth-order valence-electron chi connectivity index (χ4n) is 4.18. The van der Waals surface area contributed by atoms with Crippen molar-refractivity contribution in [2.75, 3.05) is 45.1 Å². The molecule has 1 aliphatic rings. The van der Waals surface area contributed by atoms with Crippen LogP contribution < -0.4 is 5.32 Å². The standard InChI is InChI=1S/C25H29ClN6O/c1-4-21-23(18-7-9-22(27-3)28-15-18)24(30-16-29-21)17-6-8-19(20(26)14-17)25(33)32-12-10-31(5-2)11-13-32/h6-9,14-16H,4-5,10-13H2,1-3H3,(H,27,28). The zero-order valence-electron chi connectivity index (χ0n) is 19.3. The number of rotatable bonds is 6. The van der Waals surface area contributed by atoms with E-state index in [0.29, 0.717) is 10.6 Å². The normalized spacial score (nSPS) is 14.4. The van der Waals surface area contributed by atoms with E-state index in [1.807, 2.05) is 48.5 Å². The number of hydrogen-bond acceptors (Lipinski definition) is 6. The van der Waals surface area contributed by atoms with Crippen molar-refractivity contribution in [3.05, 3.63) is 59.1 Å². The van der Waals surface area contributed by atoms with Crippen molar-refractivity contribution in [2.24, 2.45) is 0 Å². The van der Waals surface area contributed by atoms with E-state index in [0.717, 1.165) is 73.0 Å². The highest BCUT2D eigenvalue weighted by Gasteiger charge is 2.24. The van der Waals surface area contributed by atoms with E-state index in [1.54, 1.807) is 6.33 Å². The Hall–Kier alpha value is -3.03. The molecule has 7 nitrogen and oxygen atoms in total. The van der Waals surface area contributed by atoms with Crippen molar-refractivity contribution in [1.29, 1.82) is 0 Å². The number of likely N-dealkylation sites (N-methyl/N-ethyl adjacent to an activating group) is 1. The quantitative estimate of drug-likeness (QED) is 0.588. The molecule has 0 saturated carbocycles. The molecule has 1 saturated heterocycles. The Morgan fingerprint density at radius 3 is 2.39 bits per heavy atom. The Kier molecular flexibility index (Phi) is 7.20. The molecule has 1 fully saturated rings. The first-order chi connectivity index (χ1) is 16.0. The second kappa shape index (κ2) is 10.3. The van der Waals surface area contributed by atoms with E-state index in [2.05, 4.69) is 39.0 Å². The topological polar surface area (TPSA) is 74.2 Å². The molecule has 1 N–H and O–H groups in total. The smallest absolute Gasteiger partial charge is 0.255 e. The molecule has 0 atom stereocenters. The molecule has 1 aromatic carbocycles. The maximum atomic E-state index is 13.1. The number of benzene rings is 1. The van der Waals surface area contributed by atoms with Crippen LogP contribution in [0, 0.1) is 0 Å². The highest BCUT2D eigenvalue weighted by atomic mass is 35.5. The number of nitrogens with zero attached hydrogens (tertiary/aromatic N) is 5. The Bertz CT molecular complexity index is 1130. The Morgan fingerprint density at radius 1 is 1.03 bits per heavy atom. The number of aryl methyl sites for hydroxylation is 1. The SMILES string of the molecule is CCc1ncnc(-c2ccc(C(=O)N3CCN(CC)CC3)c(Cl)c2)c1-c1ccc(NC)nc1. The molecule has 0 unspecified atom stereocenters. The molecule has 172 valence electrons. The van der Waals surface area contributed by atoms with Gasteiger partial charge in [-0.25, -0.2) is 15.0 Å². The molecule has 0 radical (unpaired) electrons. The average molecular weight is 465 g/mol. The van der Waals surface area contributed by atoms with Gasteiger partial charge in [-0.1, -0.05) is 31.5 Å². The third kappa shape index (κ3) is 4.84. The van der Waals surface area contributed by atoms with Gasteiger partial charge in [-0.15, -0.1) is 0 Å². The summed E-state index contributed by atoms with van der Waals surface area (Å²) >= 11 is 6.64. The van der Waals surface area contributed by atoms with Gasteiger partial charge in [0.15, 0.2) is 0 Å². The molecule has 4 rings (SSSR count). The number of carbonyl (C=O) groups is 1. The van der Waals surface area contributed by atoms with Crippen LogP contribution in [0.3, 0.4) is 0 Å². The van der Waals surface area contributed by atoms with E-state index in [9.17, 15) is 4.79 Å². The molecule has 0 bridgehead atoms. The minimum atomic E-state index is -0.0219. The number of carbonyl (C=O) groups excluding carboxylic acids is 1. The molecule has 8 heteroatoms. The lowest BCUT2D eigenvalue weighted by molar-refractivity contribution is 0.0643. The Balaban J connectivity index is 1.67. The van der Waals surface area contributed by atoms with Crippen LogP contribution in [0.1, 0.15) is 29.9 Å². The number of aromatic nitrogens is 3. The molecule has 33 heavy (non-hydrogen) atoms. The number of anilines is 1. The summed E-state index contributed by atoms with van der Waals surface area (Å²) in [6.45, 7) is 8.44. The Labute approximate surface area is 199 Å². The highest BCUT2D eigenvalue weighted by Crippen LogP contribution is 2.34. The fourth-order valence-corrected chi connectivity index (χ4v) is 4.44. The Morgan fingerprint density at radius 2 is 1.79 bits per heavy atom. The minimum absolute atomic E-state index is 0.0219. The largest absolute Gasteiger partial charge is 0.373 e. The van der Waals surface area contributed by atoms with Gasteiger partial charge < -0.3 is 15.1 Å². The zero-order chi connectivity index (χ0) is 23.4. The van der Waals surface area contributed by atoms with E-state index >= 15 is 0 Å². The van der Waals surface area contributed by atoms with Crippen molar-refractivity contribution < 1.29 is 4.79 Å². The van der Waals surface area contributed by atoms with Crippen molar-refractivity contribution >= 4 is 23.3 Å². The lowest BCUT2D eigenvalue weighted by atomic mass is 9.97. The van der Waals surface area contributed by atoms with Crippen molar-refractivity contribution in [2.45, 2.75) is 20.3 Å². The predicted molar refractivity (Wildman–Crippen MR) is 133 cm³/mol. The third-order valence-corrected chi connectivity index (χ3v) is 6.46. The molecule has 3 aromatic rings. The molecule has 2 aromatic heterocycles. The highest BCUT2D eigenvalue weighted by molar-refractivity contribution is 6.34. The second-order valence-corrected chi connectivity index (χ2v) is 8.41. The minimum Gasteiger partial charge on any atom is -0.373 e. The first kappa shape index (κ1) is 23.1. The summed E-state index contributed by atoms with van der Waals surface area (Å²) in [5.41, 5.74) is 4.95. The number of halogens is 1. The van der Waals surface area contributed by atoms with Gasteiger partial charge >= 0.3 is 0 Å². The molecule has 1 amide bonds. The number of piperazine rings is 1. The number of pyridine rings is 1.